The summed E-state index contributed by atoms with van der Waals surface area (Å²) >= 11 is 0. The van der Waals surface area contributed by atoms with E-state index in [-0.39, 0.29) is 29.2 Å². The number of fused-ring (bicyclic) bond motifs is 1. The highest BCUT2D eigenvalue weighted by Gasteiger charge is 2.21. The molecule has 35 heavy (non-hydrogen) atoms. The zero-order chi connectivity index (χ0) is 25.2. The number of methoxy groups -OCH3 is 1. The first-order chi connectivity index (χ1) is 16.7. The van der Waals surface area contributed by atoms with E-state index in [2.05, 4.69) is 20.2 Å². The predicted octanol–water partition coefficient (Wildman–Crippen LogP) is 4.07. The van der Waals surface area contributed by atoms with E-state index in [4.69, 9.17) is 9.26 Å². The minimum atomic E-state index is -3.72. The van der Waals surface area contributed by atoms with E-state index in [1.807, 2.05) is 31.2 Å². The van der Waals surface area contributed by atoms with Gasteiger partial charge in [-0.15, -0.1) is 0 Å². The summed E-state index contributed by atoms with van der Waals surface area (Å²) in [5.74, 6) is -0.389. The van der Waals surface area contributed by atoms with Crippen molar-refractivity contribution in [1.29, 1.82) is 0 Å². The Kier molecular flexibility index (Phi) is 6.97. The van der Waals surface area contributed by atoms with Gasteiger partial charge >= 0.3 is 0 Å². The molecule has 0 aliphatic carbocycles. The van der Waals surface area contributed by atoms with Gasteiger partial charge in [-0.2, -0.15) is 0 Å². The molecule has 1 amide bonds. The zero-order valence-electron chi connectivity index (χ0n) is 19.8. The van der Waals surface area contributed by atoms with Crippen LogP contribution in [0.1, 0.15) is 28.5 Å². The molecule has 0 aliphatic rings. The SMILES string of the molecule is COCC(C)NS(=O)(=O)c1ccc(NC(=O)c2cc(-c3ccc(C)cc3)nc3onc(C)c23)cc1. The molecular weight excluding hydrogens is 468 g/mol. The Hall–Kier alpha value is -3.60. The van der Waals surface area contributed by atoms with Crippen LogP contribution < -0.4 is 10.0 Å². The normalized spacial score (nSPS) is 12.6. The van der Waals surface area contributed by atoms with E-state index >= 15 is 0 Å². The molecule has 0 spiro atoms. The maximum atomic E-state index is 13.3. The molecule has 2 N–H and O–H groups in total. The average molecular weight is 495 g/mol. The second-order valence-corrected chi connectivity index (χ2v) is 10.0. The van der Waals surface area contributed by atoms with Crippen molar-refractivity contribution in [2.24, 2.45) is 0 Å². The van der Waals surface area contributed by atoms with Crippen molar-refractivity contribution in [3.63, 3.8) is 0 Å². The van der Waals surface area contributed by atoms with Crippen LogP contribution in [-0.4, -0.2) is 44.2 Å². The Morgan fingerprint density at radius 2 is 1.77 bits per heavy atom. The van der Waals surface area contributed by atoms with Crippen LogP contribution in [0.2, 0.25) is 0 Å². The fourth-order valence-electron chi connectivity index (χ4n) is 3.68. The number of amides is 1. The van der Waals surface area contributed by atoms with Crippen LogP contribution in [0.15, 0.2) is 64.0 Å². The molecule has 1 unspecified atom stereocenters. The molecule has 2 aromatic carbocycles. The van der Waals surface area contributed by atoms with Crippen molar-refractivity contribution in [3.05, 3.63) is 71.4 Å². The zero-order valence-corrected chi connectivity index (χ0v) is 20.6. The number of nitrogens with one attached hydrogen (secondary N) is 2. The van der Waals surface area contributed by atoms with Gasteiger partial charge in [0.05, 0.1) is 33.8 Å². The molecule has 10 heteroatoms. The number of anilines is 1. The molecule has 0 saturated carbocycles. The number of aryl methyl sites for hydroxylation is 2. The number of pyridine rings is 1. The number of hydrogen-bond acceptors (Lipinski definition) is 7. The van der Waals surface area contributed by atoms with Gasteiger partial charge in [0.2, 0.25) is 10.0 Å². The third kappa shape index (κ3) is 5.40. The van der Waals surface area contributed by atoms with Gasteiger partial charge in [0, 0.05) is 24.4 Å². The van der Waals surface area contributed by atoms with Crippen molar-refractivity contribution in [1.82, 2.24) is 14.9 Å². The highest BCUT2D eigenvalue weighted by Crippen LogP contribution is 2.28. The van der Waals surface area contributed by atoms with Crippen LogP contribution in [-0.2, 0) is 14.8 Å². The molecule has 0 fully saturated rings. The minimum Gasteiger partial charge on any atom is -0.383 e. The summed E-state index contributed by atoms with van der Waals surface area (Å²) in [6.07, 6.45) is 0. The summed E-state index contributed by atoms with van der Waals surface area (Å²) in [4.78, 5) is 17.9. The maximum Gasteiger partial charge on any atom is 0.259 e. The van der Waals surface area contributed by atoms with E-state index in [1.54, 1.807) is 19.9 Å². The Morgan fingerprint density at radius 3 is 2.43 bits per heavy atom. The predicted molar refractivity (Wildman–Crippen MR) is 133 cm³/mol. The van der Waals surface area contributed by atoms with E-state index < -0.39 is 10.0 Å². The lowest BCUT2D eigenvalue weighted by Crippen LogP contribution is -2.35. The van der Waals surface area contributed by atoms with Crippen LogP contribution in [0, 0.1) is 13.8 Å². The molecule has 1 atom stereocenters. The van der Waals surface area contributed by atoms with Crippen molar-refractivity contribution in [3.8, 4) is 11.3 Å². The number of benzene rings is 2. The largest absolute Gasteiger partial charge is 0.383 e. The first-order valence-electron chi connectivity index (χ1n) is 10.9. The number of aromatic nitrogens is 2. The first-order valence-corrected chi connectivity index (χ1v) is 12.4. The molecule has 4 rings (SSSR count). The quantitative estimate of drug-likeness (QED) is 0.378. The lowest BCUT2D eigenvalue weighted by molar-refractivity contribution is 0.102. The van der Waals surface area contributed by atoms with Crippen LogP contribution in [0.5, 0.6) is 0 Å². The number of nitrogens with zero attached hydrogens (tertiary/aromatic N) is 2. The molecule has 2 aromatic heterocycles. The Balaban J connectivity index is 1.61. The van der Waals surface area contributed by atoms with Gasteiger partial charge in [0.25, 0.3) is 11.6 Å². The molecule has 182 valence electrons. The second kappa shape index (κ2) is 9.95. The van der Waals surface area contributed by atoms with Gasteiger partial charge in [-0.1, -0.05) is 35.0 Å². The van der Waals surface area contributed by atoms with Crippen LogP contribution in [0.3, 0.4) is 0 Å². The maximum absolute atomic E-state index is 13.3. The van der Waals surface area contributed by atoms with E-state index in [0.717, 1.165) is 11.1 Å². The van der Waals surface area contributed by atoms with Gasteiger partial charge in [-0.25, -0.2) is 18.1 Å². The summed E-state index contributed by atoms with van der Waals surface area (Å²) in [6.45, 7) is 5.70. The second-order valence-electron chi connectivity index (χ2n) is 8.33. The highest BCUT2D eigenvalue weighted by atomic mass is 32.2. The fraction of sp³-hybridized carbons (Fsp3) is 0.240. The lowest BCUT2D eigenvalue weighted by Gasteiger charge is -2.13. The Labute approximate surface area is 203 Å². The number of carbonyl (C=O) groups is 1. The molecular formula is C25H26N4O5S. The molecule has 0 radical (unpaired) electrons. The number of hydrogen-bond donors (Lipinski definition) is 2. The smallest absolute Gasteiger partial charge is 0.259 e. The standard InChI is InChI=1S/C25H26N4O5S/c1-15-5-7-18(8-6-15)22-13-21(23-17(3)28-34-25(23)27-22)24(30)26-19-9-11-20(12-10-19)35(31,32)29-16(2)14-33-4/h5-13,16,29H,14H2,1-4H3,(H,26,30). The first kappa shape index (κ1) is 24.5. The van der Waals surface area contributed by atoms with E-state index in [1.165, 1.54) is 31.4 Å². The van der Waals surface area contributed by atoms with E-state index in [0.29, 0.717) is 28.0 Å². The highest BCUT2D eigenvalue weighted by molar-refractivity contribution is 7.89. The van der Waals surface area contributed by atoms with Crippen molar-refractivity contribution < 1.29 is 22.5 Å². The third-order valence-electron chi connectivity index (χ3n) is 5.40. The number of ether oxygens (including phenoxy) is 1. The minimum absolute atomic E-state index is 0.0845. The van der Waals surface area contributed by atoms with Crippen molar-refractivity contribution in [2.45, 2.75) is 31.7 Å². The van der Waals surface area contributed by atoms with Crippen LogP contribution in [0.25, 0.3) is 22.4 Å². The monoisotopic (exact) mass is 494 g/mol. The Bertz CT molecular complexity index is 1460. The summed E-state index contributed by atoms with van der Waals surface area (Å²) in [5, 5.41) is 7.32. The summed E-state index contributed by atoms with van der Waals surface area (Å²) in [6, 6.07) is 15.0. The van der Waals surface area contributed by atoms with Crippen LogP contribution >= 0.6 is 0 Å². The Morgan fingerprint density at radius 1 is 1.09 bits per heavy atom. The topological polar surface area (TPSA) is 123 Å². The van der Waals surface area contributed by atoms with Crippen molar-refractivity contribution >= 4 is 32.7 Å². The molecule has 0 aliphatic heterocycles. The summed E-state index contributed by atoms with van der Waals surface area (Å²) in [7, 11) is -2.21. The number of carbonyl (C=O) groups excluding carboxylic acids is 1. The third-order valence-corrected chi connectivity index (χ3v) is 7.01. The molecule has 0 saturated heterocycles. The van der Waals surface area contributed by atoms with Gasteiger partial charge in [0.1, 0.15) is 0 Å². The number of sulfonamides is 1. The van der Waals surface area contributed by atoms with Gasteiger partial charge < -0.3 is 14.6 Å². The summed E-state index contributed by atoms with van der Waals surface area (Å²) in [5.41, 5.74) is 4.14. The lowest BCUT2D eigenvalue weighted by atomic mass is 10.0. The fourth-order valence-corrected chi connectivity index (χ4v) is 4.91. The van der Waals surface area contributed by atoms with Crippen LogP contribution in [0.4, 0.5) is 5.69 Å². The molecule has 4 aromatic rings. The summed E-state index contributed by atoms with van der Waals surface area (Å²) < 4.78 is 38.0. The van der Waals surface area contributed by atoms with Gasteiger partial charge in [0.15, 0.2) is 0 Å². The molecule has 0 bridgehead atoms. The average Bonchev–Trinajstić information content (AvgIpc) is 3.20. The molecule has 2 heterocycles. The van der Waals surface area contributed by atoms with Gasteiger partial charge in [-0.05, 0) is 51.1 Å². The van der Waals surface area contributed by atoms with Crippen molar-refractivity contribution in [2.75, 3.05) is 19.0 Å². The number of rotatable bonds is 8. The van der Waals surface area contributed by atoms with E-state index in [9.17, 15) is 13.2 Å². The molecule has 9 nitrogen and oxygen atoms in total. The van der Waals surface area contributed by atoms with Gasteiger partial charge in [-0.3, -0.25) is 4.79 Å².